The lowest BCUT2D eigenvalue weighted by atomic mass is 9.81. The zero-order valence-corrected chi connectivity index (χ0v) is 20.9. The summed E-state index contributed by atoms with van der Waals surface area (Å²) in [6.07, 6.45) is 3.68. The monoisotopic (exact) mass is 534 g/mol. The molecule has 2 atom stereocenters. The van der Waals surface area contributed by atoms with Crippen molar-refractivity contribution in [3.05, 3.63) is 69.7 Å². The second-order valence-electron chi connectivity index (χ2n) is 8.44. The molecule has 0 unspecified atom stereocenters. The quantitative estimate of drug-likeness (QED) is 0.316. The molecule has 0 saturated heterocycles. The van der Waals surface area contributed by atoms with Gasteiger partial charge in [0.05, 0.1) is 21.2 Å². The van der Waals surface area contributed by atoms with Crippen LogP contribution in [0.15, 0.2) is 48.5 Å². The van der Waals surface area contributed by atoms with Gasteiger partial charge in [-0.2, -0.15) is 0 Å². The molecule has 1 aliphatic carbocycles. The minimum atomic E-state index is -0.524. The summed E-state index contributed by atoms with van der Waals surface area (Å²) in [7, 11) is 0. The van der Waals surface area contributed by atoms with Crippen LogP contribution in [0.1, 0.15) is 46.4 Å². The van der Waals surface area contributed by atoms with Gasteiger partial charge in [-0.3, -0.25) is 20.4 Å². The predicted molar refractivity (Wildman–Crippen MR) is 136 cm³/mol. The maximum atomic E-state index is 12.1. The van der Waals surface area contributed by atoms with Gasteiger partial charge in [-0.1, -0.05) is 53.9 Å². The molecule has 0 aliphatic heterocycles. The van der Waals surface area contributed by atoms with E-state index in [1.165, 1.54) is 0 Å². The van der Waals surface area contributed by atoms with Crippen molar-refractivity contribution in [2.24, 2.45) is 11.8 Å². The SMILES string of the molecule is O=C(NC[C@H]1CCC[C@H](CNC(=O)NNC(=O)c2ccccc2Cl)C1)NNC(=O)c1ccccc1Cl. The van der Waals surface area contributed by atoms with E-state index in [0.29, 0.717) is 13.1 Å². The van der Waals surface area contributed by atoms with Crippen LogP contribution in [-0.4, -0.2) is 37.0 Å². The van der Waals surface area contributed by atoms with Gasteiger partial charge in [0.1, 0.15) is 0 Å². The van der Waals surface area contributed by atoms with Crippen molar-refractivity contribution in [3.8, 4) is 0 Å². The number of carbonyl (C=O) groups excluding carboxylic acids is 4. The molecule has 6 N–H and O–H groups in total. The molecule has 3 rings (SSSR count). The first kappa shape index (κ1) is 27.1. The van der Waals surface area contributed by atoms with E-state index in [4.69, 9.17) is 23.2 Å². The molecule has 1 saturated carbocycles. The van der Waals surface area contributed by atoms with Crippen LogP contribution >= 0.6 is 23.2 Å². The summed E-state index contributed by atoms with van der Waals surface area (Å²) in [6.45, 7) is 0.870. The number of carbonyl (C=O) groups is 4. The number of nitrogens with one attached hydrogen (secondary N) is 6. The number of hydrazine groups is 2. The van der Waals surface area contributed by atoms with Crippen LogP contribution in [0.5, 0.6) is 0 Å². The fourth-order valence-corrected chi connectivity index (χ4v) is 4.43. The summed E-state index contributed by atoms with van der Waals surface area (Å²) in [4.78, 5) is 48.4. The summed E-state index contributed by atoms with van der Waals surface area (Å²) in [5, 5.41) is 6.09. The van der Waals surface area contributed by atoms with Crippen LogP contribution < -0.4 is 32.3 Å². The zero-order chi connectivity index (χ0) is 25.9. The molecule has 0 aromatic heterocycles. The summed E-state index contributed by atoms with van der Waals surface area (Å²) in [6, 6.07) is 12.0. The van der Waals surface area contributed by atoms with E-state index < -0.39 is 23.9 Å². The molecule has 1 fully saturated rings. The minimum Gasteiger partial charge on any atom is -0.336 e. The average Bonchev–Trinajstić information content (AvgIpc) is 2.88. The van der Waals surface area contributed by atoms with Crippen molar-refractivity contribution >= 4 is 47.1 Å². The molecular formula is C24H28Cl2N6O4. The Bertz CT molecular complexity index is 1020. The third-order valence-corrected chi connectivity index (χ3v) is 6.47. The van der Waals surface area contributed by atoms with Crippen LogP contribution in [0.4, 0.5) is 9.59 Å². The molecular weight excluding hydrogens is 507 g/mol. The molecule has 0 bridgehead atoms. The lowest BCUT2D eigenvalue weighted by Crippen LogP contribution is -2.49. The highest BCUT2D eigenvalue weighted by Crippen LogP contribution is 2.28. The number of urea groups is 2. The molecule has 12 heteroatoms. The molecule has 192 valence electrons. The van der Waals surface area contributed by atoms with Gasteiger partial charge < -0.3 is 10.6 Å². The fraction of sp³-hybridized carbons (Fsp3) is 0.333. The second-order valence-corrected chi connectivity index (χ2v) is 9.25. The third kappa shape index (κ3) is 8.31. The molecule has 1 aliphatic rings. The highest BCUT2D eigenvalue weighted by molar-refractivity contribution is 6.34. The second kappa shape index (κ2) is 13.6. The lowest BCUT2D eigenvalue weighted by molar-refractivity contribution is 0.0929. The molecule has 0 spiro atoms. The Morgan fingerprint density at radius 2 is 1.08 bits per heavy atom. The van der Waals surface area contributed by atoms with Crippen LogP contribution in [0.2, 0.25) is 10.0 Å². The number of benzene rings is 2. The van der Waals surface area contributed by atoms with E-state index in [9.17, 15) is 19.2 Å². The van der Waals surface area contributed by atoms with Gasteiger partial charge >= 0.3 is 12.1 Å². The van der Waals surface area contributed by atoms with Crippen molar-refractivity contribution in [1.29, 1.82) is 0 Å². The van der Waals surface area contributed by atoms with E-state index in [0.717, 1.165) is 25.7 Å². The summed E-state index contributed by atoms with van der Waals surface area (Å²) in [5.41, 5.74) is 9.81. The van der Waals surface area contributed by atoms with Crippen LogP contribution in [0.3, 0.4) is 0 Å². The highest BCUT2D eigenvalue weighted by Gasteiger charge is 2.23. The molecule has 2 aromatic carbocycles. The fourth-order valence-electron chi connectivity index (χ4n) is 3.99. The van der Waals surface area contributed by atoms with Crippen molar-refractivity contribution in [2.45, 2.75) is 25.7 Å². The Kier molecular flexibility index (Phi) is 10.2. The Balaban J connectivity index is 1.32. The molecule has 0 heterocycles. The molecule has 10 nitrogen and oxygen atoms in total. The van der Waals surface area contributed by atoms with E-state index in [-0.39, 0.29) is 33.0 Å². The first-order valence-electron chi connectivity index (χ1n) is 11.5. The average molecular weight is 535 g/mol. The molecule has 2 aromatic rings. The minimum absolute atomic E-state index is 0.235. The van der Waals surface area contributed by atoms with Gasteiger partial charge in [-0.25, -0.2) is 20.4 Å². The van der Waals surface area contributed by atoms with E-state index in [1.807, 2.05) is 0 Å². The van der Waals surface area contributed by atoms with Crippen molar-refractivity contribution in [3.63, 3.8) is 0 Å². The Morgan fingerprint density at radius 3 is 1.50 bits per heavy atom. The molecule has 36 heavy (non-hydrogen) atoms. The van der Waals surface area contributed by atoms with Crippen LogP contribution in [-0.2, 0) is 0 Å². The summed E-state index contributed by atoms with van der Waals surface area (Å²) in [5.74, 6) is -0.557. The Morgan fingerprint density at radius 1 is 0.667 bits per heavy atom. The Labute approximate surface area is 218 Å². The van der Waals surface area contributed by atoms with E-state index >= 15 is 0 Å². The van der Waals surface area contributed by atoms with E-state index in [2.05, 4.69) is 32.3 Å². The predicted octanol–water partition coefficient (Wildman–Crippen LogP) is 3.39. The van der Waals surface area contributed by atoms with Gasteiger partial charge in [0.25, 0.3) is 11.8 Å². The first-order valence-corrected chi connectivity index (χ1v) is 12.3. The first-order chi connectivity index (χ1) is 17.3. The van der Waals surface area contributed by atoms with Crippen LogP contribution in [0.25, 0.3) is 0 Å². The van der Waals surface area contributed by atoms with Crippen molar-refractivity contribution in [2.75, 3.05) is 13.1 Å². The van der Waals surface area contributed by atoms with Crippen molar-refractivity contribution in [1.82, 2.24) is 32.3 Å². The molecule has 6 amide bonds. The number of rotatable bonds is 6. The highest BCUT2D eigenvalue weighted by atomic mass is 35.5. The van der Waals surface area contributed by atoms with Gasteiger partial charge in [0, 0.05) is 13.1 Å². The number of amides is 6. The van der Waals surface area contributed by atoms with E-state index in [1.54, 1.807) is 48.5 Å². The van der Waals surface area contributed by atoms with Crippen LogP contribution in [0, 0.1) is 11.8 Å². The number of halogens is 2. The number of hydrogen-bond donors (Lipinski definition) is 6. The molecule has 0 radical (unpaired) electrons. The maximum Gasteiger partial charge on any atom is 0.333 e. The normalized spacial score (nSPS) is 16.8. The lowest BCUT2D eigenvalue weighted by Gasteiger charge is -2.29. The van der Waals surface area contributed by atoms with Crippen molar-refractivity contribution < 1.29 is 19.2 Å². The standard InChI is InChI=1S/C24H28Cl2N6O4/c25-19-10-3-1-8-17(19)21(33)29-31-23(35)27-13-15-6-5-7-16(12-15)14-28-24(36)32-30-22(34)18-9-2-4-11-20(18)26/h1-4,8-11,15-16H,5-7,12-14H2,(H,29,33)(H,30,34)(H2,27,31,35)(H2,28,32,36)/t15-,16-/m0/s1. The smallest absolute Gasteiger partial charge is 0.333 e. The topological polar surface area (TPSA) is 140 Å². The maximum absolute atomic E-state index is 12.1. The third-order valence-electron chi connectivity index (χ3n) is 5.81. The summed E-state index contributed by atoms with van der Waals surface area (Å²) >= 11 is 12.0. The summed E-state index contributed by atoms with van der Waals surface area (Å²) < 4.78 is 0. The number of hydrogen-bond acceptors (Lipinski definition) is 4. The van der Waals surface area contributed by atoms with Gasteiger partial charge in [0.2, 0.25) is 0 Å². The largest absolute Gasteiger partial charge is 0.336 e. The zero-order valence-electron chi connectivity index (χ0n) is 19.4. The van der Waals surface area contributed by atoms with Gasteiger partial charge in [0.15, 0.2) is 0 Å². The van der Waals surface area contributed by atoms with Gasteiger partial charge in [-0.05, 0) is 55.4 Å². The van der Waals surface area contributed by atoms with Gasteiger partial charge in [-0.15, -0.1) is 0 Å². The Hall–Kier alpha value is -3.50.